The number of hydrogen-bond donors (Lipinski definition) is 1. The minimum atomic E-state index is -0.287. The van der Waals surface area contributed by atoms with Crippen LogP contribution in [0.15, 0.2) is 16.6 Å². The first kappa shape index (κ1) is 12.2. The van der Waals surface area contributed by atoms with Crippen LogP contribution in [0.1, 0.15) is 5.56 Å². The van der Waals surface area contributed by atoms with Gasteiger partial charge in [-0.3, -0.25) is 4.79 Å². The molecule has 5 nitrogen and oxygen atoms in total. The number of rotatable bonds is 4. The maximum Gasteiger partial charge on any atom is 0.319 e. The fraction of sp³-hybridized carbons (Fsp3) is 0.364. The van der Waals surface area contributed by atoms with Crippen LogP contribution >= 0.6 is 15.9 Å². The zero-order chi connectivity index (χ0) is 12.3. The minimum absolute atomic E-state index is 0.183. The van der Waals surface area contributed by atoms with E-state index in [1.54, 1.807) is 0 Å². The SMILES string of the molecule is COC(=O)CNCc1cc(Br)c2c(c1)OCO2. The van der Waals surface area contributed by atoms with E-state index in [1.165, 1.54) is 7.11 Å². The van der Waals surface area contributed by atoms with E-state index in [-0.39, 0.29) is 19.3 Å². The molecule has 0 saturated carbocycles. The molecule has 1 aromatic rings. The van der Waals surface area contributed by atoms with E-state index in [0.29, 0.717) is 12.3 Å². The molecule has 1 aromatic carbocycles. The van der Waals surface area contributed by atoms with Crippen LogP contribution in [0, 0.1) is 0 Å². The van der Waals surface area contributed by atoms with Crippen molar-refractivity contribution < 1.29 is 19.0 Å². The van der Waals surface area contributed by atoms with Gasteiger partial charge in [0.05, 0.1) is 18.1 Å². The van der Waals surface area contributed by atoms with Gasteiger partial charge in [0.25, 0.3) is 0 Å². The second-order valence-corrected chi connectivity index (χ2v) is 4.35. The number of fused-ring (bicyclic) bond motifs is 1. The summed E-state index contributed by atoms with van der Waals surface area (Å²) in [6, 6.07) is 3.81. The topological polar surface area (TPSA) is 56.8 Å². The molecule has 17 heavy (non-hydrogen) atoms. The average Bonchev–Trinajstić information content (AvgIpc) is 2.77. The molecule has 0 fully saturated rings. The van der Waals surface area contributed by atoms with E-state index in [0.717, 1.165) is 15.8 Å². The number of hydrogen-bond acceptors (Lipinski definition) is 5. The molecule has 0 bridgehead atoms. The van der Waals surface area contributed by atoms with Crippen LogP contribution in [0.5, 0.6) is 11.5 Å². The maximum absolute atomic E-state index is 10.9. The number of methoxy groups -OCH3 is 1. The number of benzene rings is 1. The summed E-state index contributed by atoms with van der Waals surface area (Å²) in [7, 11) is 1.36. The lowest BCUT2D eigenvalue weighted by Crippen LogP contribution is -2.23. The molecule has 0 atom stereocenters. The van der Waals surface area contributed by atoms with Gasteiger partial charge in [0, 0.05) is 6.54 Å². The molecule has 1 heterocycles. The first-order chi connectivity index (χ1) is 8.20. The van der Waals surface area contributed by atoms with Crippen LogP contribution in [-0.4, -0.2) is 26.4 Å². The highest BCUT2D eigenvalue weighted by molar-refractivity contribution is 9.10. The van der Waals surface area contributed by atoms with Gasteiger partial charge in [0.2, 0.25) is 6.79 Å². The third kappa shape index (κ3) is 2.89. The molecule has 0 amide bonds. The molecule has 92 valence electrons. The highest BCUT2D eigenvalue weighted by Gasteiger charge is 2.17. The Bertz CT molecular complexity index is 436. The number of esters is 1. The minimum Gasteiger partial charge on any atom is -0.468 e. The molecule has 0 aromatic heterocycles. The van der Waals surface area contributed by atoms with E-state index < -0.39 is 0 Å². The monoisotopic (exact) mass is 301 g/mol. The molecule has 0 unspecified atom stereocenters. The van der Waals surface area contributed by atoms with Gasteiger partial charge < -0.3 is 19.5 Å². The number of carbonyl (C=O) groups excluding carboxylic acids is 1. The molecule has 1 N–H and O–H groups in total. The van der Waals surface area contributed by atoms with Gasteiger partial charge >= 0.3 is 5.97 Å². The van der Waals surface area contributed by atoms with Gasteiger partial charge in [0.15, 0.2) is 11.5 Å². The molecular formula is C11H12BrNO4. The summed E-state index contributed by atoms with van der Waals surface area (Å²) >= 11 is 3.41. The fourth-order valence-corrected chi connectivity index (χ4v) is 2.11. The Morgan fingerprint density at radius 2 is 2.35 bits per heavy atom. The summed E-state index contributed by atoms with van der Waals surface area (Å²) in [4.78, 5) is 10.9. The van der Waals surface area contributed by atoms with Crippen molar-refractivity contribution in [2.45, 2.75) is 6.54 Å². The number of halogens is 1. The van der Waals surface area contributed by atoms with E-state index in [1.807, 2.05) is 12.1 Å². The van der Waals surface area contributed by atoms with Crippen LogP contribution in [0.2, 0.25) is 0 Å². The molecule has 0 aliphatic carbocycles. The Morgan fingerprint density at radius 1 is 1.53 bits per heavy atom. The van der Waals surface area contributed by atoms with Gasteiger partial charge in [-0.15, -0.1) is 0 Å². The van der Waals surface area contributed by atoms with Crippen molar-refractivity contribution in [1.29, 1.82) is 0 Å². The van der Waals surface area contributed by atoms with E-state index in [9.17, 15) is 4.79 Å². The quantitative estimate of drug-likeness (QED) is 0.853. The number of ether oxygens (including phenoxy) is 3. The second kappa shape index (κ2) is 5.37. The summed E-state index contributed by atoms with van der Waals surface area (Å²) in [5.74, 6) is 1.15. The smallest absolute Gasteiger partial charge is 0.319 e. The molecule has 1 aliphatic heterocycles. The fourth-order valence-electron chi connectivity index (χ4n) is 1.50. The highest BCUT2D eigenvalue weighted by atomic mass is 79.9. The molecule has 0 saturated heterocycles. The maximum atomic E-state index is 10.9. The lowest BCUT2D eigenvalue weighted by atomic mass is 10.2. The zero-order valence-electron chi connectivity index (χ0n) is 9.29. The van der Waals surface area contributed by atoms with E-state index in [4.69, 9.17) is 9.47 Å². The van der Waals surface area contributed by atoms with Crippen molar-refractivity contribution in [1.82, 2.24) is 5.32 Å². The van der Waals surface area contributed by atoms with Gasteiger partial charge in [-0.25, -0.2) is 0 Å². The Hall–Kier alpha value is -1.27. The Morgan fingerprint density at radius 3 is 3.12 bits per heavy atom. The van der Waals surface area contributed by atoms with Gasteiger partial charge in [-0.05, 0) is 33.6 Å². The molecule has 0 spiro atoms. The summed E-state index contributed by atoms with van der Waals surface area (Å²) in [6.45, 7) is 0.986. The average molecular weight is 302 g/mol. The lowest BCUT2D eigenvalue weighted by Gasteiger charge is -2.06. The molecular weight excluding hydrogens is 290 g/mol. The van der Waals surface area contributed by atoms with Crippen molar-refractivity contribution in [3.8, 4) is 11.5 Å². The van der Waals surface area contributed by atoms with Crippen molar-refractivity contribution in [3.05, 3.63) is 22.2 Å². The lowest BCUT2D eigenvalue weighted by molar-refractivity contribution is -0.139. The van der Waals surface area contributed by atoms with Crippen molar-refractivity contribution in [2.24, 2.45) is 0 Å². The second-order valence-electron chi connectivity index (χ2n) is 3.49. The third-order valence-electron chi connectivity index (χ3n) is 2.31. The third-order valence-corrected chi connectivity index (χ3v) is 2.90. The van der Waals surface area contributed by atoms with Crippen LogP contribution in [-0.2, 0) is 16.1 Å². The van der Waals surface area contributed by atoms with Crippen LogP contribution < -0.4 is 14.8 Å². The largest absolute Gasteiger partial charge is 0.468 e. The normalized spacial score (nSPS) is 12.6. The summed E-state index contributed by atoms with van der Waals surface area (Å²) < 4.78 is 16.0. The van der Waals surface area contributed by atoms with Crippen molar-refractivity contribution in [2.75, 3.05) is 20.4 Å². The molecule has 6 heteroatoms. The first-order valence-electron chi connectivity index (χ1n) is 5.06. The van der Waals surface area contributed by atoms with Crippen molar-refractivity contribution >= 4 is 21.9 Å². The Labute approximate surface area is 107 Å². The van der Waals surface area contributed by atoms with Crippen LogP contribution in [0.3, 0.4) is 0 Å². The Kier molecular flexibility index (Phi) is 3.86. The van der Waals surface area contributed by atoms with Gasteiger partial charge in [-0.1, -0.05) is 0 Å². The molecule has 1 aliphatic rings. The van der Waals surface area contributed by atoms with Crippen molar-refractivity contribution in [3.63, 3.8) is 0 Å². The highest BCUT2D eigenvalue weighted by Crippen LogP contribution is 2.39. The summed E-state index contributed by atoms with van der Waals surface area (Å²) in [6.07, 6.45) is 0. The summed E-state index contributed by atoms with van der Waals surface area (Å²) in [5, 5.41) is 2.98. The first-order valence-corrected chi connectivity index (χ1v) is 5.85. The van der Waals surface area contributed by atoms with Gasteiger partial charge in [0.1, 0.15) is 0 Å². The summed E-state index contributed by atoms with van der Waals surface area (Å²) in [5.41, 5.74) is 1.00. The Balaban J connectivity index is 1.98. The van der Waals surface area contributed by atoms with Crippen LogP contribution in [0.4, 0.5) is 0 Å². The molecule has 2 rings (SSSR count). The zero-order valence-corrected chi connectivity index (χ0v) is 10.9. The van der Waals surface area contributed by atoms with Crippen LogP contribution in [0.25, 0.3) is 0 Å². The number of nitrogens with one attached hydrogen (secondary N) is 1. The predicted octanol–water partition coefficient (Wildman–Crippen LogP) is 1.44. The van der Waals surface area contributed by atoms with E-state index >= 15 is 0 Å². The van der Waals surface area contributed by atoms with E-state index in [2.05, 4.69) is 26.0 Å². The van der Waals surface area contributed by atoms with Gasteiger partial charge in [-0.2, -0.15) is 0 Å². The number of carbonyl (C=O) groups is 1. The standard InChI is InChI=1S/C11H12BrNO4/c1-15-10(14)5-13-4-7-2-8(12)11-9(3-7)16-6-17-11/h2-3,13H,4-6H2,1H3. The predicted molar refractivity (Wildman–Crippen MR) is 64.0 cm³/mol. The molecule has 0 radical (unpaired) electrons.